The Balaban J connectivity index is 2.00. The van der Waals surface area contributed by atoms with Crippen molar-refractivity contribution in [1.82, 2.24) is 0 Å². The number of hydrogen-bond acceptors (Lipinski definition) is 3. The third kappa shape index (κ3) is 3.64. The molecule has 0 saturated heterocycles. The fraction of sp³-hybridized carbons (Fsp3) is 0.125. The minimum absolute atomic E-state index is 0.0542. The first kappa shape index (κ1) is 18.1. The molecule has 0 aliphatic heterocycles. The van der Waals surface area contributed by atoms with Crippen molar-refractivity contribution in [2.75, 3.05) is 0 Å². The molecule has 3 heteroatoms. The van der Waals surface area contributed by atoms with E-state index in [1.807, 2.05) is 60.7 Å². The second-order valence-electron chi connectivity index (χ2n) is 6.31. The monoisotopic (exact) mass is 350 g/mol. The Morgan fingerprint density at radius 2 is 1.26 bits per heavy atom. The van der Waals surface area contributed by atoms with Gasteiger partial charge in [-0.1, -0.05) is 84.9 Å². The molecule has 0 saturated carbocycles. The summed E-state index contributed by atoms with van der Waals surface area (Å²) >= 11 is 0. The molecule has 1 atom stereocenters. The van der Waals surface area contributed by atoms with Gasteiger partial charge in [0.15, 0.2) is 5.78 Å². The van der Waals surface area contributed by atoms with Crippen molar-refractivity contribution >= 4 is 5.78 Å². The van der Waals surface area contributed by atoms with Crippen LogP contribution in [0.3, 0.4) is 0 Å². The SMILES string of the molecule is N#CCC[C@@](C#N)(c1ccccc1)c1ccc(C(=O)c2ccccc2)cc1. The highest BCUT2D eigenvalue weighted by Gasteiger charge is 2.34. The first-order valence-corrected chi connectivity index (χ1v) is 8.75. The number of benzene rings is 3. The summed E-state index contributed by atoms with van der Waals surface area (Å²) in [6.07, 6.45) is 0.670. The van der Waals surface area contributed by atoms with Crippen LogP contribution in [-0.4, -0.2) is 5.78 Å². The summed E-state index contributed by atoms with van der Waals surface area (Å²) < 4.78 is 0. The van der Waals surface area contributed by atoms with Crippen molar-refractivity contribution in [3.8, 4) is 12.1 Å². The number of carbonyl (C=O) groups is 1. The second kappa shape index (κ2) is 8.13. The van der Waals surface area contributed by atoms with Gasteiger partial charge in [-0.05, 0) is 17.5 Å². The van der Waals surface area contributed by atoms with E-state index in [9.17, 15) is 10.1 Å². The average molecular weight is 350 g/mol. The summed E-state index contributed by atoms with van der Waals surface area (Å²) in [5.74, 6) is -0.0542. The van der Waals surface area contributed by atoms with Gasteiger partial charge in [0, 0.05) is 17.5 Å². The lowest BCUT2D eigenvalue weighted by molar-refractivity contribution is 0.103. The van der Waals surface area contributed by atoms with E-state index in [1.165, 1.54) is 0 Å². The molecule has 3 nitrogen and oxygen atoms in total. The van der Waals surface area contributed by atoms with E-state index in [4.69, 9.17) is 5.26 Å². The molecule has 0 aromatic heterocycles. The zero-order valence-electron chi connectivity index (χ0n) is 14.8. The Kier molecular flexibility index (Phi) is 5.45. The number of nitrogens with zero attached hydrogens (tertiary/aromatic N) is 2. The molecule has 0 heterocycles. The molecule has 0 bridgehead atoms. The van der Waals surface area contributed by atoms with Crippen LogP contribution >= 0.6 is 0 Å². The van der Waals surface area contributed by atoms with Crippen LogP contribution in [0.15, 0.2) is 84.9 Å². The lowest BCUT2D eigenvalue weighted by Crippen LogP contribution is -2.25. The van der Waals surface area contributed by atoms with Crippen molar-refractivity contribution in [2.45, 2.75) is 18.3 Å². The molecule has 3 aromatic rings. The van der Waals surface area contributed by atoms with Gasteiger partial charge in [0.2, 0.25) is 0 Å². The highest BCUT2D eigenvalue weighted by Crippen LogP contribution is 2.36. The molecule has 0 fully saturated rings. The van der Waals surface area contributed by atoms with Crippen molar-refractivity contribution in [2.24, 2.45) is 0 Å². The Morgan fingerprint density at radius 1 is 0.741 bits per heavy atom. The quantitative estimate of drug-likeness (QED) is 0.586. The van der Waals surface area contributed by atoms with Gasteiger partial charge < -0.3 is 0 Å². The molecule has 0 spiro atoms. The standard InChI is InChI=1S/C24H18N2O/c25-17-7-16-24(18-26,21-10-5-2-6-11-21)22-14-12-20(13-15-22)23(27)19-8-3-1-4-9-19/h1-6,8-15H,7,16H2/t24-/m1/s1. The molecule has 130 valence electrons. The molecule has 0 N–H and O–H groups in total. The van der Waals surface area contributed by atoms with Crippen LogP contribution in [0.2, 0.25) is 0 Å². The van der Waals surface area contributed by atoms with Crippen LogP contribution in [0, 0.1) is 22.7 Å². The van der Waals surface area contributed by atoms with Gasteiger partial charge in [0.05, 0.1) is 12.1 Å². The van der Waals surface area contributed by atoms with Crippen LogP contribution in [0.4, 0.5) is 0 Å². The van der Waals surface area contributed by atoms with Crippen molar-refractivity contribution in [1.29, 1.82) is 10.5 Å². The third-order valence-electron chi connectivity index (χ3n) is 4.75. The van der Waals surface area contributed by atoms with E-state index >= 15 is 0 Å². The van der Waals surface area contributed by atoms with Crippen LogP contribution in [0.1, 0.15) is 39.9 Å². The lowest BCUT2D eigenvalue weighted by atomic mass is 9.72. The minimum atomic E-state index is -0.911. The Hall–Kier alpha value is -3.69. The fourth-order valence-electron chi connectivity index (χ4n) is 3.27. The van der Waals surface area contributed by atoms with Gasteiger partial charge in [0.1, 0.15) is 5.41 Å². The topological polar surface area (TPSA) is 64.7 Å². The zero-order chi connectivity index (χ0) is 19.1. The van der Waals surface area contributed by atoms with E-state index in [2.05, 4.69) is 12.1 Å². The number of rotatable bonds is 6. The number of hydrogen-bond donors (Lipinski definition) is 0. The van der Waals surface area contributed by atoms with E-state index < -0.39 is 5.41 Å². The number of ketones is 1. The summed E-state index contributed by atoms with van der Waals surface area (Å²) in [7, 11) is 0. The Bertz CT molecular complexity index is 996. The highest BCUT2D eigenvalue weighted by atomic mass is 16.1. The van der Waals surface area contributed by atoms with E-state index in [0.29, 0.717) is 17.5 Å². The molecule has 0 radical (unpaired) electrons. The molecule has 0 aliphatic carbocycles. The minimum Gasteiger partial charge on any atom is -0.289 e. The molecule has 0 unspecified atom stereocenters. The molecular weight excluding hydrogens is 332 g/mol. The molecule has 3 aromatic carbocycles. The predicted molar refractivity (Wildman–Crippen MR) is 104 cm³/mol. The smallest absolute Gasteiger partial charge is 0.193 e. The summed E-state index contributed by atoms with van der Waals surface area (Å²) in [5.41, 5.74) is 1.93. The first-order valence-electron chi connectivity index (χ1n) is 8.75. The largest absolute Gasteiger partial charge is 0.289 e. The van der Waals surface area contributed by atoms with Crippen LogP contribution < -0.4 is 0 Å². The van der Waals surface area contributed by atoms with Crippen molar-refractivity contribution in [3.63, 3.8) is 0 Å². The maximum atomic E-state index is 12.6. The van der Waals surface area contributed by atoms with Crippen LogP contribution in [0.5, 0.6) is 0 Å². The third-order valence-corrected chi connectivity index (χ3v) is 4.75. The molecule has 27 heavy (non-hydrogen) atoms. The molecular formula is C24H18N2O. The second-order valence-corrected chi connectivity index (χ2v) is 6.31. The maximum absolute atomic E-state index is 12.6. The number of carbonyl (C=O) groups excluding carboxylic acids is 1. The zero-order valence-corrected chi connectivity index (χ0v) is 14.8. The van der Waals surface area contributed by atoms with Gasteiger partial charge in [-0.3, -0.25) is 4.79 Å². The normalized spacial score (nSPS) is 12.4. The average Bonchev–Trinajstić information content (AvgIpc) is 2.76. The van der Waals surface area contributed by atoms with Crippen LogP contribution in [-0.2, 0) is 5.41 Å². The first-order chi connectivity index (χ1) is 13.2. The Labute approximate surface area is 159 Å². The van der Waals surface area contributed by atoms with Gasteiger partial charge in [-0.2, -0.15) is 10.5 Å². The van der Waals surface area contributed by atoms with Gasteiger partial charge in [-0.25, -0.2) is 0 Å². The summed E-state index contributed by atoms with van der Waals surface area (Å²) in [6.45, 7) is 0. The maximum Gasteiger partial charge on any atom is 0.193 e. The summed E-state index contributed by atoms with van der Waals surface area (Å²) in [5, 5.41) is 19.1. The van der Waals surface area contributed by atoms with E-state index in [-0.39, 0.29) is 12.2 Å². The predicted octanol–water partition coefficient (Wildman–Crippen LogP) is 5.03. The van der Waals surface area contributed by atoms with E-state index in [0.717, 1.165) is 11.1 Å². The van der Waals surface area contributed by atoms with Crippen LogP contribution in [0.25, 0.3) is 0 Å². The molecule has 0 aliphatic rings. The molecule has 0 amide bonds. The number of nitriles is 2. The van der Waals surface area contributed by atoms with Crippen molar-refractivity contribution in [3.05, 3.63) is 107 Å². The summed E-state index contributed by atoms with van der Waals surface area (Å²) in [6, 6.07) is 30.3. The summed E-state index contributed by atoms with van der Waals surface area (Å²) in [4.78, 5) is 12.6. The highest BCUT2D eigenvalue weighted by molar-refractivity contribution is 6.08. The lowest BCUT2D eigenvalue weighted by Gasteiger charge is -2.27. The van der Waals surface area contributed by atoms with Crippen molar-refractivity contribution < 1.29 is 4.79 Å². The van der Waals surface area contributed by atoms with Gasteiger partial charge in [-0.15, -0.1) is 0 Å². The van der Waals surface area contributed by atoms with Gasteiger partial charge in [0.25, 0.3) is 0 Å². The van der Waals surface area contributed by atoms with Gasteiger partial charge >= 0.3 is 0 Å². The fourth-order valence-corrected chi connectivity index (χ4v) is 3.27. The Morgan fingerprint density at radius 3 is 1.81 bits per heavy atom. The molecule has 3 rings (SSSR count). The van der Waals surface area contributed by atoms with E-state index in [1.54, 1.807) is 24.3 Å².